The summed E-state index contributed by atoms with van der Waals surface area (Å²) in [6.45, 7) is 3.45. The molecule has 0 bridgehead atoms. The minimum Gasteiger partial charge on any atom is -0.359 e. The summed E-state index contributed by atoms with van der Waals surface area (Å²) >= 11 is 0. The first-order chi connectivity index (χ1) is 7.83. The van der Waals surface area contributed by atoms with Gasteiger partial charge in [-0.1, -0.05) is 26.2 Å². The Morgan fingerprint density at radius 1 is 1.31 bits per heavy atom. The molecule has 1 aromatic heterocycles. The first-order valence-electron chi connectivity index (χ1n) is 6.52. The van der Waals surface area contributed by atoms with Gasteiger partial charge >= 0.3 is 0 Å². The molecule has 0 spiro atoms. The van der Waals surface area contributed by atoms with Gasteiger partial charge in [0.05, 0.1) is 0 Å². The Morgan fingerprint density at radius 3 is 2.62 bits per heavy atom. The van der Waals surface area contributed by atoms with Crippen molar-refractivity contribution in [2.75, 3.05) is 12.4 Å². The van der Waals surface area contributed by atoms with Crippen LogP contribution < -0.4 is 5.32 Å². The third-order valence-corrected chi connectivity index (χ3v) is 3.94. The van der Waals surface area contributed by atoms with E-state index in [1.165, 1.54) is 32.1 Å². The quantitative estimate of drug-likeness (QED) is 0.846. The standard InChI is InChI=1S/C13H23N3/c1-3-11-4-6-12(7-5-11)10-16-9-8-15-13(16)14-2/h8-9,11-12H,3-7,10H2,1-2H3,(H,14,15). The van der Waals surface area contributed by atoms with Crippen LogP contribution in [0.3, 0.4) is 0 Å². The molecule has 0 saturated heterocycles. The lowest BCUT2D eigenvalue weighted by Crippen LogP contribution is -2.19. The van der Waals surface area contributed by atoms with E-state index in [2.05, 4.69) is 28.0 Å². The lowest BCUT2D eigenvalue weighted by molar-refractivity contribution is 0.248. The molecule has 1 aromatic rings. The predicted octanol–water partition coefficient (Wildman–Crippen LogP) is 3.14. The van der Waals surface area contributed by atoms with E-state index in [9.17, 15) is 0 Å². The van der Waals surface area contributed by atoms with Gasteiger partial charge in [-0.3, -0.25) is 0 Å². The van der Waals surface area contributed by atoms with Crippen molar-refractivity contribution in [3.8, 4) is 0 Å². The van der Waals surface area contributed by atoms with Crippen LogP contribution in [0.5, 0.6) is 0 Å². The fourth-order valence-electron chi connectivity index (χ4n) is 2.79. The molecule has 2 rings (SSSR count). The Morgan fingerprint density at radius 2 is 2.00 bits per heavy atom. The summed E-state index contributed by atoms with van der Waals surface area (Å²) in [4.78, 5) is 4.28. The van der Waals surface area contributed by atoms with E-state index in [1.54, 1.807) is 0 Å². The fraction of sp³-hybridized carbons (Fsp3) is 0.769. The molecule has 1 N–H and O–H groups in total. The highest BCUT2D eigenvalue weighted by molar-refractivity contribution is 5.24. The van der Waals surface area contributed by atoms with Crippen LogP contribution in [-0.4, -0.2) is 16.6 Å². The van der Waals surface area contributed by atoms with Crippen molar-refractivity contribution in [3.63, 3.8) is 0 Å². The van der Waals surface area contributed by atoms with Gasteiger partial charge in [-0.2, -0.15) is 0 Å². The molecule has 1 fully saturated rings. The summed E-state index contributed by atoms with van der Waals surface area (Å²) in [6.07, 6.45) is 10.9. The molecule has 0 unspecified atom stereocenters. The van der Waals surface area contributed by atoms with Crippen LogP contribution in [0.2, 0.25) is 0 Å². The summed E-state index contributed by atoms with van der Waals surface area (Å²) in [6, 6.07) is 0. The minimum absolute atomic E-state index is 0.851. The molecule has 1 heterocycles. The van der Waals surface area contributed by atoms with Crippen LogP contribution in [-0.2, 0) is 6.54 Å². The lowest BCUT2D eigenvalue weighted by atomic mass is 9.81. The molecule has 3 heteroatoms. The molecule has 3 nitrogen and oxygen atoms in total. The average molecular weight is 221 g/mol. The molecule has 90 valence electrons. The monoisotopic (exact) mass is 221 g/mol. The normalized spacial score (nSPS) is 25.6. The first-order valence-corrected chi connectivity index (χ1v) is 6.52. The summed E-state index contributed by atoms with van der Waals surface area (Å²) in [5.74, 6) is 2.84. The maximum atomic E-state index is 4.28. The Kier molecular flexibility index (Phi) is 3.86. The van der Waals surface area contributed by atoms with Gasteiger partial charge in [-0.05, 0) is 24.7 Å². The zero-order valence-electron chi connectivity index (χ0n) is 10.4. The smallest absolute Gasteiger partial charge is 0.202 e. The molecule has 0 aromatic carbocycles. The molecule has 0 amide bonds. The highest BCUT2D eigenvalue weighted by atomic mass is 15.2. The van der Waals surface area contributed by atoms with Crippen molar-refractivity contribution < 1.29 is 0 Å². The van der Waals surface area contributed by atoms with Crippen molar-refractivity contribution >= 4 is 5.95 Å². The Labute approximate surface area is 98.3 Å². The number of hydrogen-bond donors (Lipinski definition) is 1. The van der Waals surface area contributed by atoms with E-state index in [4.69, 9.17) is 0 Å². The van der Waals surface area contributed by atoms with Crippen LogP contribution in [0.15, 0.2) is 12.4 Å². The maximum absolute atomic E-state index is 4.28. The van der Waals surface area contributed by atoms with E-state index in [-0.39, 0.29) is 0 Å². The molecule has 1 aliphatic carbocycles. The number of aromatic nitrogens is 2. The number of hydrogen-bond acceptors (Lipinski definition) is 2. The van der Waals surface area contributed by atoms with Gasteiger partial charge in [0.15, 0.2) is 0 Å². The number of rotatable bonds is 4. The molecule has 16 heavy (non-hydrogen) atoms. The molecule has 1 aliphatic rings. The topological polar surface area (TPSA) is 29.9 Å². The Bertz CT molecular complexity index is 311. The second-order valence-electron chi connectivity index (χ2n) is 4.95. The third kappa shape index (κ3) is 2.57. The molecule has 1 saturated carbocycles. The molecule has 0 atom stereocenters. The van der Waals surface area contributed by atoms with Gasteiger partial charge in [0, 0.05) is 26.0 Å². The molecule has 0 aliphatic heterocycles. The van der Waals surface area contributed by atoms with E-state index < -0.39 is 0 Å². The van der Waals surface area contributed by atoms with Gasteiger partial charge in [0.1, 0.15) is 0 Å². The highest BCUT2D eigenvalue weighted by Gasteiger charge is 2.20. The van der Waals surface area contributed by atoms with Crippen LogP contribution >= 0.6 is 0 Å². The van der Waals surface area contributed by atoms with Crippen molar-refractivity contribution in [1.82, 2.24) is 9.55 Å². The SMILES string of the molecule is CCC1CCC(Cn2ccnc2NC)CC1. The molecular formula is C13H23N3. The summed E-state index contributed by atoms with van der Waals surface area (Å²) < 4.78 is 2.25. The first kappa shape index (κ1) is 11.5. The van der Waals surface area contributed by atoms with Crippen molar-refractivity contribution in [3.05, 3.63) is 12.4 Å². The number of anilines is 1. The van der Waals surface area contributed by atoms with Gasteiger partial charge in [-0.25, -0.2) is 4.98 Å². The van der Waals surface area contributed by atoms with Gasteiger partial charge in [-0.15, -0.1) is 0 Å². The van der Waals surface area contributed by atoms with Crippen LogP contribution in [0, 0.1) is 11.8 Å². The van der Waals surface area contributed by atoms with Crippen LogP contribution in [0.4, 0.5) is 5.95 Å². The minimum atomic E-state index is 0.851. The second kappa shape index (κ2) is 5.37. The fourth-order valence-corrected chi connectivity index (χ4v) is 2.79. The zero-order chi connectivity index (χ0) is 11.4. The second-order valence-corrected chi connectivity index (χ2v) is 4.95. The van der Waals surface area contributed by atoms with E-state index in [1.807, 2.05) is 13.2 Å². The van der Waals surface area contributed by atoms with Gasteiger partial charge in [0.2, 0.25) is 5.95 Å². The largest absolute Gasteiger partial charge is 0.359 e. The Balaban J connectivity index is 1.87. The van der Waals surface area contributed by atoms with Gasteiger partial charge < -0.3 is 9.88 Å². The zero-order valence-corrected chi connectivity index (χ0v) is 10.4. The summed E-state index contributed by atoms with van der Waals surface area (Å²) in [5.41, 5.74) is 0. The predicted molar refractivity (Wildman–Crippen MR) is 67.5 cm³/mol. The number of imidazole rings is 1. The third-order valence-electron chi connectivity index (χ3n) is 3.94. The molecular weight excluding hydrogens is 198 g/mol. The van der Waals surface area contributed by atoms with E-state index >= 15 is 0 Å². The average Bonchev–Trinajstić information content (AvgIpc) is 2.77. The van der Waals surface area contributed by atoms with E-state index in [0.29, 0.717) is 0 Å². The number of nitrogens with zero attached hydrogens (tertiary/aromatic N) is 2. The maximum Gasteiger partial charge on any atom is 0.202 e. The van der Waals surface area contributed by atoms with Gasteiger partial charge in [0.25, 0.3) is 0 Å². The summed E-state index contributed by atoms with van der Waals surface area (Å²) in [5, 5.41) is 3.14. The summed E-state index contributed by atoms with van der Waals surface area (Å²) in [7, 11) is 1.94. The van der Waals surface area contributed by atoms with Crippen LogP contribution in [0.25, 0.3) is 0 Å². The highest BCUT2D eigenvalue weighted by Crippen LogP contribution is 2.31. The van der Waals surface area contributed by atoms with Crippen molar-refractivity contribution in [2.24, 2.45) is 11.8 Å². The van der Waals surface area contributed by atoms with Crippen LogP contribution in [0.1, 0.15) is 39.0 Å². The Hall–Kier alpha value is -0.990. The van der Waals surface area contributed by atoms with Crippen molar-refractivity contribution in [2.45, 2.75) is 45.6 Å². The van der Waals surface area contributed by atoms with E-state index in [0.717, 1.165) is 24.3 Å². The van der Waals surface area contributed by atoms with Crippen molar-refractivity contribution in [1.29, 1.82) is 0 Å². The lowest BCUT2D eigenvalue weighted by Gasteiger charge is -2.28. The number of nitrogens with one attached hydrogen (secondary N) is 1. The molecule has 0 radical (unpaired) electrons.